The van der Waals surface area contributed by atoms with Gasteiger partial charge < -0.3 is 19.5 Å². The average Bonchev–Trinajstić information content (AvgIpc) is 3.08. The van der Waals surface area contributed by atoms with Crippen LogP contribution < -0.4 is 14.8 Å². The van der Waals surface area contributed by atoms with E-state index in [0.717, 1.165) is 49.9 Å². The third-order valence-corrected chi connectivity index (χ3v) is 5.04. The van der Waals surface area contributed by atoms with Crippen molar-refractivity contribution in [3.05, 3.63) is 40.8 Å². The Bertz CT molecular complexity index is 758. The second-order valence-electron chi connectivity index (χ2n) is 6.44. The van der Waals surface area contributed by atoms with E-state index in [1.54, 1.807) is 6.07 Å². The lowest BCUT2D eigenvalue weighted by Gasteiger charge is -2.38. The molecule has 1 fully saturated rings. The molecule has 2 aliphatic rings. The first kappa shape index (κ1) is 16.4. The second kappa shape index (κ2) is 6.69. The molecule has 1 N–H and O–H groups in total. The monoisotopic (exact) mass is 361 g/mol. The van der Waals surface area contributed by atoms with Crippen molar-refractivity contribution in [2.24, 2.45) is 0 Å². The zero-order valence-corrected chi connectivity index (χ0v) is 14.8. The van der Waals surface area contributed by atoms with Crippen LogP contribution in [0.2, 0.25) is 5.15 Å². The summed E-state index contributed by atoms with van der Waals surface area (Å²) in [5, 5.41) is 3.88. The lowest BCUT2D eigenvalue weighted by atomic mass is 9.74. The van der Waals surface area contributed by atoms with Crippen LogP contribution in [0.4, 0.5) is 5.82 Å². The number of anilines is 1. The number of halogens is 1. The van der Waals surface area contributed by atoms with Crippen molar-refractivity contribution in [2.75, 3.05) is 31.9 Å². The summed E-state index contributed by atoms with van der Waals surface area (Å²) in [7, 11) is 0. The number of hydrogen-bond donors (Lipinski definition) is 1. The van der Waals surface area contributed by atoms with Gasteiger partial charge in [0.25, 0.3) is 0 Å². The fraction of sp³-hybridized carbons (Fsp3) is 0.444. The van der Waals surface area contributed by atoms with Crippen LogP contribution in [0, 0.1) is 6.92 Å². The minimum absolute atomic E-state index is 0.0510. The predicted molar refractivity (Wildman–Crippen MR) is 94.6 cm³/mol. The van der Waals surface area contributed by atoms with Gasteiger partial charge in [-0.3, -0.25) is 0 Å². The molecule has 7 heteroatoms. The van der Waals surface area contributed by atoms with E-state index in [0.29, 0.717) is 11.0 Å². The Kier molecular flexibility index (Phi) is 4.39. The summed E-state index contributed by atoms with van der Waals surface area (Å²) in [6.45, 7) is 4.33. The van der Waals surface area contributed by atoms with Crippen LogP contribution >= 0.6 is 11.6 Å². The molecule has 25 heavy (non-hydrogen) atoms. The molecule has 0 amide bonds. The van der Waals surface area contributed by atoms with Crippen LogP contribution in [0.25, 0.3) is 0 Å². The summed E-state index contributed by atoms with van der Waals surface area (Å²) in [6, 6.07) is 7.95. The highest BCUT2D eigenvalue weighted by Crippen LogP contribution is 2.41. The molecule has 0 aliphatic carbocycles. The highest BCUT2D eigenvalue weighted by Gasteiger charge is 2.35. The number of nitrogens with one attached hydrogen (secondary N) is 1. The van der Waals surface area contributed by atoms with Gasteiger partial charge >= 0.3 is 0 Å². The van der Waals surface area contributed by atoms with E-state index in [2.05, 4.69) is 27.4 Å². The number of aryl methyl sites for hydroxylation is 1. The third-order valence-electron chi connectivity index (χ3n) is 4.85. The number of nitrogens with zero attached hydrogens (tertiary/aromatic N) is 2. The summed E-state index contributed by atoms with van der Waals surface area (Å²) >= 11 is 6.05. The van der Waals surface area contributed by atoms with Gasteiger partial charge in [-0.05, 0) is 37.5 Å². The molecule has 1 saturated heterocycles. The molecule has 0 radical (unpaired) electrons. The maximum absolute atomic E-state index is 6.05. The molecule has 2 aromatic rings. The molecular weight excluding hydrogens is 342 g/mol. The summed E-state index contributed by atoms with van der Waals surface area (Å²) in [4.78, 5) is 8.53. The van der Waals surface area contributed by atoms with Crippen molar-refractivity contribution >= 4 is 17.4 Å². The number of benzene rings is 1. The molecule has 132 valence electrons. The smallest absolute Gasteiger partial charge is 0.231 e. The summed E-state index contributed by atoms with van der Waals surface area (Å²) in [5.74, 6) is 3.00. The maximum atomic E-state index is 6.05. The minimum atomic E-state index is -0.0510. The molecule has 4 rings (SSSR count). The van der Waals surface area contributed by atoms with Crippen molar-refractivity contribution in [1.29, 1.82) is 0 Å². The third kappa shape index (κ3) is 3.37. The Balaban J connectivity index is 1.61. The summed E-state index contributed by atoms with van der Waals surface area (Å²) in [6.07, 6.45) is 1.86. The largest absolute Gasteiger partial charge is 0.454 e. The molecule has 1 aromatic carbocycles. The van der Waals surface area contributed by atoms with Gasteiger partial charge in [0.1, 0.15) is 16.8 Å². The topological polar surface area (TPSA) is 65.5 Å². The molecule has 0 atom stereocenters. The Morgan fingerprint density at radius 3 is 2.72 bits per heavy atom. The highest BCUT2D eigenvalue weighted by molar-refractivity contribution is 6.29. The lowest BCUT2D eigenvalue weighted by Crippen LogP contribution is -2.40. The van der Waals surface area contributed by atoms with Gasteiger partial charge in [-0.15, -0.1) is 0 Å². The Labute approximate surface area is 151 Å². The van der Waals surface area contributed by atoms with Gasteiger partial charge in [-0.2, -0.15) is 0 Å². The summed E-state index contributed by atoms with van der Waals surface area (Å²) < 4.78 is 16.6. The van der Waals surface area contributed by atoms with Crippen molar-refractivity contribution in [3.8, 4) is 11.5 Å². The van der Waals surface area contributed by atoms with Gasteiger partial charge in [0.05, 0.1) is 0 Å². The van der Waals surface area contributed by atoms with Crippen LogP contribution in [-0.4, -0.2) is 36.5 Å². The molecule has 3 heterocycles. The van der Waals surface area contributed by atoms with Crippen LogP contribution in [0.1, 0.15) is 24.2 Å². The Hall–Kier alpha value is -2.05. The standard InChI is InChI=1S/C18H20ClN3O3/c1-12-21-16(19)9-17(22-12)20-10-18(4-6-23-7-5-18)13-2-3-14-15(8-13)25-11-24-14/h2-3,8-9H,4-7,10-11H2,1H3,(H,20,21,22). The molecule has 0 saturated carbocycles. The molecule has 6 nitrogen and oxygen atoms in total. The van der Waals surface area contributed by atoms with Crippen molar-refractivity contribution in [1.82, 2.24) is 9.97 Å². The maximum Gasteiger partial charge on any atom is 0.231 e. The average molecular weight is 362 g/mol. The predicted octanol–water partition coefficient (Wildman–Crippen LogP) is 3.33. The van der Waals surface area contributed by atoms with E-state index in [-0.39, 0.29) is 12.2 Å². The number of fused-ring (bicyclic) bond motifs is 1. The SMILES string of the molecule is Cc1nc(Cl)cc(NCC2(c3ccc4c(c3)OCO4)CCOCC2)n1. The fourth-order valence-corrected chi connectivity index (χ4v) is 3.66. The minimum Gasteiger partial charge on any atom is -0.454 e. The highest BCUT2D eigenvalue weighted by atomic mass is 35.5. The van der Waals surface area contributed by atoms with Gasteiger partial charge in [0.2, 0.25) is 6.79 Å². The quantitative estimate of drug-likeness (QED) is 0.843. The van der Waals surface area contributed by atoms with E-state index in [4.69, 9.17) is 25.8 Å². The Morgan fingerprint density at radius 2 is 1.92 bits per heavy atom. The fourth-order valence-electron chi connectivity index (χ4n) is 3.44. The normalized spacial score (nSPS) is 18.2. The van der Waals surface area contributed by atoms with E-state index >= 15 is 0 Å². The number of ether oxygens (including phenoxy) is 3. The first-order chi connectivity index (χ1) is 12.1. The van der Waals surface area contributed by atoms with Gasteiger partial charge in [0.15, 0.2) is 11.5 Å². The van der Waals surface area contributed by atoms with E-state index in [1.807, 2.05) is 13.0 Å². The van der Waals surface area contributed by atoms with Crippen molar-refractivity contribution < 1.29 is 14.2 Å². The van der Waals surface area contributed by atoms with Crippen LogP contribution in [0.3, 0.4) is 0 Å². The van der Waals surface area contributed by atoms with Crippen LogP contribution in [-0.2, 0) is 10.2 Å². The van der Waals surface area contributed by atoms with Gasteiger partial charge in [-0.25, -0.2) is 9.97 Å². The lowest BCUT2D eigenvalue weighted by molar-refractivity contribution is 0.0543. The zero-order chi connectivity index (χ0) is 17.3. The van der Waals surface area contributed by atoms with Crippen LogP contribution in [0.15, 0.2) is 24.3 Å². The number of rotatable bonds is 4. The molecular formula is C18H20ClN3O3. The Morgan fingerprint density at radius 1 is 1.12 bits per heavy atom. The second-order valence-corrected chi connectivity index (χ2v) is 6.82. The number of aromatic nitrogens is 2. The first-order valence-electron chi connectivity index (χ1n) is 8.38. The van der Waals surface area contributed by atoms with E-state index in [9.17, 15) is 0 Å². The van der Waals surface area contributed by atoms with Gasteiger partial charge in [0, 0.05) is 31.2 Å². The van der Waals surface area contributed by atoms with Crippen molar-refractivity contribution in [3.63, 3.8) is 0 Å². The molecule has 0 spiro atoms. The van der Waals surface area contributed by atoms with E-state index < -0.39 is 0 Å². The molecule has 2 aliphatic heterocycles. The van der Waals surface area contributed by atoms with E-state index in [1.165, 1.54) is 5.56 Å². The van der Waals surface area contributed by atoms with Crippen molar-refractivity contribution in [2.45, 2.75) is 25.2 Å². The zero-order valence-electron chi connectivity index (χ0n) is 14.0. The molecule has 1 aromatic heterocycles. The first-order valence-corrected chi connectivity index (χ1v) is 8.75. The molecule has 0 unspecified atom stereocenters. The van der Waals surface area contributed by atoms with Crippen LogP contribution in [0.5, 0.6) is 11.5 Å². The summed E-state index contributed by atoms with van der Waals surface area (Å²) in [5.41, 5.74) is 1.18. The number of hydrogen-bond acceptors (Lipinski definition) is 6. The molecule has 0 bridgehead atoms. The van der Waals surface area contributed by atoms with Gasteiger partial charge in [-0.1, -0.05) is 17.7 Å².